The summed E-state index contributed by atoms with van der Waals surface area (Å²) in [4.78, 5) is 4.64. The van der Waals surface area contributed by atoms with Gasteiger partial charge in [0.1, 0.15) is 0 Å². The molecule has 0 spiro atoms. The Morgan fingerprint density at radius 3 is 2.85 bits per heavy atom. The Morgan fingerprint density at radius 1 is 1.30 bits per heavy atom. The first kappa shape index (κ1) is 13.0. The summed E-state index contributed by atoms with van der Waals surface area (Å²) in [6.45, 7) is 2.71. The van der Waals surface area contributed by atoms with Crippen LogP contribution < -0.4 is 5.73 Å². The van der Waals surface area contributed by atoms with E-state index < -0.39 is 0 Å². The minimum atomic E-state index is 0.304. The lowest BCUT2D eigenvalue weighted by Gasteiger charge is -2.01. The molecule has 0 aliphatic rings. The molecule has 1 aromatic carbocycles. The van der Waals surface area contributed by atoms with Gasteiger partial charge in [0.05, 0.1) is 22.6 Å². The summed E-state index contributed by atoms with van der Waals surface area (Å²) in [5.74, 6) is 0.304. The lowest BCUT2D eigenvalue weighted by molar-refractivity contribution is 0.766. The fourth-order valence-electron chi connectivity index (χ4n) is 1.92. The number of hydrogen-bond acceptors (Lipinski definition) is 4. The number of rotatable bonds is 4. The Balaban J connectivity index is 1.89. The predicted octanol–water partition coefficient (Wildman–Crippen LogP) is 3.06. The maximum Gasteiger partial charge on any atom is 0.0973 e. The topological polar surface area (TPSA) is 56.7 Å². The normalized spacial score (nSPS) is 12.5. The molecule has 0 fully saturated rings. The Labute approximate surface area is 121 Å². The first-order chi connectivity index (χ1) is 9.78. The van der Waals surface area contributed by atoms with Gasteiger partial charge in [-0.2, -0.15) is 5.10 Å². The van der Waals surface area contributed by atoms with Crippen LogP contribution >= 0.6 is 11.3 Å². The number of hydrogen-bond donors (Lipinski definition) is 1. The Morgan fingerprint density at radius 2 is 2.10 bits per heavy atom. The molecule has 3 aromatic rings. The molecule has 20 heavy (non-hydrogen) atoms. The highest BCUT2D eigenvalue weighted by Gasteiger charge is 2.11. The molecular formula is C15H16N4S. The van der Waals surface area contributed by atoms with Crippen molar-refractivity contribution in [2.75, 3.05) is 6.54 Å². The number of nitrogens with two attached hydrogens (primary N) is 1. The lowest BCUT2D eigenvalue weighted by atomic mass is 10.2. The summed E-state index contributed by atoms with van der Waals surface area (Å²) in [5, 5.41) is 7.54. The fourth-order valence-corrected chi connectivity index (χ4v) is 2.83. The molecular weight excluding hydrogens is 268 g/mol. The van der Waals surface area contributed by atoms with Crippen molar-refractivity contribution in [2.45, 2.75) is 12.8 Å². The van der Waals surface area contributed by atoms with Crippen LogP contribution in [0.1, 0.15) is 17.8 Å². The minimum absolute atomic E-state index is 0.304. The first-order valence-electron chi connectivity index (χ1n) is 6.54. The van der Waals surface area contributed by atoms with E-state index >= 15 is 0 Å². The number of para-hydroxylation sites is 1. The highest BCUT2D eigenvalue weighted by atomic mass is 32.1. The summed E-state index contributed by atoms with van der Waals surface area (Å²) in [6.07, 6.45) is 3.85. The molecule has 0 aliphatic carbocycles. The number of aromatic nitrogens is 3. The van der Waals surface area contributed by atoms with E-state index in [2.05, 4.69) is 22.4 Å². The van der Waals surface area contributed by atoms with Crippen LogP contribution in [0.5, 0.6) is 0 Å². The molecule has 3 rings (SSSR count). The van der Waals surface area contributed by atoms with Crippen LogP contribution in [-0.2, 0) is 0 Å². The SMILES string of the molecule is CC(CN)c1nc(-c2cnn(-c3ccccc3)c2)cs1. The van der Waals surface area contributed by atoms with Crippen molar-refractivity contribution in [1.29, 1.82) is 0 Å². The Hall–Kier alpha value is -1.98. The number of benzene rings is 1. The highest BCUT2D eigenvalue weighted by Crippen LogP contribution is 2.26. The van der Waals surface area contributed by atoms with Gasteiger partial charge in [-0.25, -0.2) is 9.67 Å². The lowest BCUT2D eigenvalue weighted by Crippen LogP contribution is -2.08. The molecule has 2 heterocycles. The van der Waals surface area contributed by atoms with Gasteiger partial charge in [0.25, 0.3) is 0 Å². The van der Waals surface area contributed by atoms with E-state index in [4.69, 9.17) is 5.73 Å². The largest absolute Gasteiger partial charge is 0.330 e. The van der Waals surface area contributed by atoms with Gasteiger partial charge >= 0.3 is 0 Å². The average molecular weight is 284 g/mol. The zero-order valence-corrected chi connectivity index (χ0v) is 12.0. The van der Waals surface area contributed by atoms with E-state index in [0.29, 0.717) is 12.5 Å². The van der Waals surface area contributed by atoms with Crippen LogP contribution in [-0.4, -0.2) is 21.3 Å². The van der Waals surface area contributed by atoms with Gasteiger partial charge < -0.3 is 5.73 Å². The van der Waals surface area contributed by atoms with Crippen molar-refractivity contribution >= 4 is 11.3 Å². The molecule has 0 radical (unpaired) electrons. The third kappa shape index (κ3) is 2.50. The molecule has 1 unspecified atom stereocenters. The zero-order chi connectivity index (χ0) is 13.9. The van der Waals surface area contributed by atoms with Gasteiger partial charge in [0.15, 0.2) is 0 Å². The van der Waals surface area contributed by atoms with Crippen molar-refractivity contribution in [2.24, 2.45) is 5.73 Å². The maximum atomic E-state index is 5.68. The van der Waals surface area contributed by atoms with E-state index in [1.54, 1.807) is 11.3 Å². The van der Waals surface area contributed by atoms with Crippen LogP contribution in [0.25, 0.3) is 16.9 Å². The van der Waals surface area contributed by atoms with Gasteiger partial charge in [-0.15, -0.1) is 11.3 Å². The summed E-state index contributed by atoms with van der Waals surface area (Å²) < 4.78 is 1.86. The summed E-state index contributed by atoms with van der Waals surface area (Å²) in [5.41, 5.74) is 8.72. The maximum absolute atomic E-state index is 5.68. The van der Waals surface area contributed by atoms with Gasteiger partial charge in [0, 0.05) is 29.6 Å². The van der Waals surface area contributed by atoms with E-state index in [0.717, 1.165) is 22.0 Å². The van der Waals surface area contributed by atoms with Gasteiger partial charge in [-0.1, -0.05) is 25.1 Å². The second-order valence-electron chi connectivity index (χ2n) is 4.72. The Bertz CT molecular complexity index is 687. The van der Waals surface area contributed by atoms with Crippen LogP contribution in [0, 0.1) is 0 Å². The van der Waals surface area contributed by atoms with Crippen LogP contribution in [0.3, 0.4) is 0 Å². The summed E-state index contributed by atoms with van der Waals surface area (Å²) in [7, 11) is 0. The molecule has 2 aromatic heterocycles. The van der Waals surface area contributed by atoms with Crippen molar-refractivity contribution in [1.82, 2.24) is 14.8 Å². The predicted molar refractivity (Wildman–Crippen MR) is 82.1 cm³/mol. The highest BCUT2D eigenvalue weighted by molar-refractivity contribution is 7.10. The molecule has 5 heteroatoms. The Kier molecular flexibility index (Phi) is 3.62. The van der Waals surface area contributed by atoms with Crippen LogP contribution in [0.4, 0.5) is 0 Å². The van der Waals surface area contributed by atoms with E-state index in [1.807, 2.05) is 47.4 Å². The van der Waals surface area contributed by atoms with Gasteiger partial charge in [-0.3, -0.25) is 0 Å². The smallest absolute Gasteiger partial charge is 0.0973 e. The van der Waals surface area contributed by atoms with E-state index in [9.17, 15) is 0 Å². The number of thiazole rings is 1. The molecule has 2 N–H and O–H groups in total. The van der Waals surface area contributed by atoms with Crippen molar-refractivity contribution < 1.29 is 0 Å². The second kappa shape index (κ2) is 5.56. The van der Waals surface area contributed by atoms with E-state index in [1.165, 1.54) is 0 Å². The van der Waals surface area contributed by atoms with Gasteiger partial charge in [0.2, 0.25) is 0 Å². The van der Waals surface area contributed by atoms with Gasteiger partial charge in [-0.05, 0) is 12.1 Å². The second-order valence-corrected chi connectivity index (χ2v) is 5.61. The molecule has 0 aliphatic heterocycles. The standard InChI is InChI=1S/C15H16N4S/c1-11(7-16)15-18-14(10-20-15)12-8-17-19(9-12)13-5-3-2-4-6-13/h2-6,8-11H,7,16H2,1H3. The van der Waals surface area contributed by atoms with E-state index in [-0.39, 0.29) is 0 Å². The molecule has 0 saturated carbocycles. The summed E-state index contributed by atoms with van der Waals surface area (Å²) >= 11 is 1.65. The molecule has 4 nitrogen and oxygen atoms in total. The average Bonchev–Trinajstić information content (AvgIpc) is 3.16. The third-order valence-corrected chi connectivity index (χ3v) is 4.27. The van der Waals surface area contributed by atoms with Crippen LogP contribution in [0.15, 0.2) is 48.1 Å². The first-order valence-corrected chi connectivity index (χ1v) is 7.42. The molecule has 0 amide bonds. The van der Waals surface area contributed by atoms with Crippen molar-refractivity contribution in [3.05, 3.63) is 53.1 Å². The van der Waals surface area contributed by atoms with Crippen LogP contribution in [0.2, 0.25) is 0 Å². The monoisotopic (exact) mass is 284 g/mol. The molecule has 1 atom stereocenters. The summed E-state index contributed by atoms with van der Waals surface area (Å²) in [6, 6.07) is 10.1. The minimum Gasteiger partial charge on any atom is -0.330 e. The van der Waals surface area contributed by atoms with Crippen molar-refractivity contribution in [3.63, 3.8) is 0 Å². The molecule has 0 bridgehead atoms. The molecule has 0 saturated heterocycles. The third-order valence-electron chi connectivity index (χ3n) is 3.20. The zero-order valence-electron chi connectivity index (χ0n) is 11.2. The number of nitrogens with zero attached hydrogens (tertiary/aromatic N) is 3. The van der Waals surface area contributed by atoms with Crippen molar-refractivity contribution in [3.8, 4) is 16.9 Å². The fraction of sp³-hybridized carbons (Fsp3) is 0.200. The molecule has 102 valence electrons. The quantitative estimate of drug-likeness (QED) is 0.801.